The molecule has 0 radical (unpaired) electrons. The van der Waals surface area contributed by atoms with Gasteiger partial charge in [-0.05, 0) is 47.2 Å². The monoisotopic (exact) mass is 378 g/mol. The molecule has 0 nitrogen and oxygen atoms in total. The van der Waals surface area contributed by atoms with Gasteiger partial charge in [-0.25, -0.2) is 0 Å². The van der Waals surface area contributed by atoms with E-state index in [-0.39, 0.29) is 4.83 Å². The van der Waals surface area contributed by atoms with Crippen LogP contribution >= 0.6 is 39.1 Å². The van der Waals surface area contributed by atoms with E-state index in [1.807, 2.05) is 30.3 Å². The Morgan fingerprint density at radius 3 is 2.24 bits per heavy atom. The van der Waals surface area contributed by atoms with Gasteiger partial charge in [0.2, 0.25) is 0 Å². The van der Waals surface area contributed by atoms with Gasteiger partial charge in [-0.1, -0.05) is 75.5 Å². The Balaban J connectivity index is 2.18. The summed E-state index contributed by atoms with van der Waals surface area (Å²) in [6, 6.07) is 18.2. The van der Waals surface area contributed by atoms with Gasteiger partial charge in [0, 0.05) is 15.4 Å². The third-order valence-electron chi connectivity index (χ3n) is 3.68. The summed E-state index contributed by atoms with van der Waals surface area (Å²) in [7, 11) is 0. The van der Waals surface area contributed by atoms with Crippen LogP contribution in [0.3, 0.4) is 0 Å². The number of aryl methyl sites for hydroxylation is 1. The number of rotatable bonds is 2. The minimum absolute atomic E-state index is 0.108. The molecule has 0 N–H and O–H groups in total. The fraction of sp³-hybridized carbons (Fsp3) is 0.111. The molecule has 0 aromatic heterocycles. The highest BCUT2D eigenvalue weighted by molar-refractivity contribution is 9.09. The summed E-state index contributed by atoms with van der Waals surface area (Å²) in [5.41, 5.74) is 3.59. The minimum atomic E-state index is 0.108. The van der Waals surface area contributed by atoms with Crippen LogP contribution in [-0.4, -0.2) is 0 Å². The highest BCUT2D eigenvalue weighted by Crippen LogP contribution is 2.39. The smallest absolute Gasteiger partial charge is 0.0653 e. The Morgan fingerprint density at radius 1 is 0.857 bits per heavy atom. The highest BCUT2D eigenvalue weighted by atomic mass is 79.9. The molecule has 21 heavy (non-hydrogen) atoms. The molecule has 0 amide bonds. The van der Waals surface area contributed by atoms with Gasteiger partial charge in [-0.15, -0.1) is 0 Å². The Labute approximate surface area is 142 Å². The summed E-state index contributed by atoms with van der Waals surface area (Å²) in [5, 5.41) is 3.78. The zero-order valence-corrected chi connectivity index (χ0v) is 14.5. The lowest BCUT2D eigenvalue weighted by Crippen LogP contribution is -1.97. The molecule has 0 bridgehead atoms. The van der Waals surface area contributed by atoms with Crippen LogP contribution in [0.15, 0.2) is 54.6 Å². The van der Waals surface area contributed by atoms with E-state index in [0.29, 0.717) is 0 Å². The minimum Gasteiger partial charge on any atom is -0.0843 e. The lowest BCUT2D eigenvalue weighted by atomic mass is 9.96. The van der Waals surface area contributed by atoms with Crippen molar-refractivity contribution in [2.45, 2.75) is 11.8 Å². The third-order valence-corrected chi connectivity index (χ3v) is 5.23. The van der Waals surface area contributed by atoms with Crippen molar-refractivity contribution >= 4 is 49.9 Å². The topological polar surface area (TPSA) is 0 Å². The molecular formula is C18H13BrCl2. The third kappa shape index (κ3) is 2.83. The first kappa shape index (κ1) is 14.9. The summed E-state index contributed by atoms with van der Waals surface area (Å²) in [6.45, 7) is 2.08. The second kappa shape index (κ2) is 6.00. The van der Waals surface area contributed by atoms with E-state index >= 15 is 0 Å². The molecule has 0 heterocycles. The molecule has 0 aliphatic heterocycles. The Kier molecular flexibility index (Phi) is 4.26. The molecule has 3 heteroatoms. The summed E-state index contributed by atoms with van der Waals surface area (Å²) in [4.78, 5) is 0.108. The van der Waals surface area contributed by atoms with E-state index in [1.165, 1.54) is 22.1 Å². The number of hydrogen-bond acceptors (Lipinski definition) is 0. The van der Waals surface area contributed by atoms with E-state index in [9.17, 15) is 0 Å². The van der Waals surface area contributed by atoms with Crippen molar-refractivity contribution in [2.24, 2.45) is 0 Å². The quantitative estimate of drug-likeness (QED) is 0.423. The van der Waals surface area contributed by atoms with Crippen molar-refractivity contribution in [3.63, 3.8) is 0 Å². The van der Waals surface area contributed by atoms with Gasteiger partial charge in [-0.2, -0.15) is 0 Å². The molecular weight excluding hydrogens is 367 g/mol. The summed E-state index contributed by atoms with van der Waals surface area (Å²) in [6.07, 6.45) is 0. The van der Waals surface area contributed by atoms with Crippen molar-refractivity contribution in [2.75, 3.05) is 0 Å². The maximum atomic E-state index is 6.30. The van der Waals surface area contributed by atoms with E-state index in [1.54, 1.807) is 0 Å². The van der Waals surface area contributed by atoms with Crippen molar-refractivity contribution < 1.29 is 0 Å². The molecule has 3 aromatic rings. The van der Waals surface area contributed by atoms with Crippen LogP contribution < -0.4 is 0 Å². The van der Waals surface area contributed by atoms with Gasteiger partial charge in [0.05, 0.1) is 4.83 Å². The molecule has 0 saturated heterocycles. The van der Waals surface area contributed by atoms with Crippen LogP contribution in [-0.2, 0) is 0 Å². The fourth-order valence-electron chi connectivity index (χ4n) is 2.60. The second-order valence-electron chi connectivity index (χ2n) is 5.05. The van der Waals surface area contributed by atoms with Gasteiger partial charge < -0.3 is 0 Å². The highest BCUT2D eigenvalue weighted by Gasteiger charge is 2.16. The maximum absolute atomic E-state index is 6.30. The number of alkyl halides is 1. The molecule has 0 fully saturated rings. The predicted molar refractivity (Wildman–Crippen MR) is 95.9 cm³/mol. The second-order valence-corrected chi connectivity index (χ2v) is 6.80. The van der Waals surface area contributed by atoms with Gasteiger partial charge in [0.15, 0.2) is 0 Å². The summed E-state index contributed by atoms with van der Waals surface area (Å²) >= 11 is 16.2. The number of fused-ring (bicyclic) bond motifs is 1. The largest absolute Gasteiger partial charge is 0.0843 e. The van der Waals surface area contributed by atoms with Crippen LogP contribution in [0.4, 0.5) is 0 Å². The van der Waals surface area contributed by atoms with Crippen LogP contribution in [0.1, 0.15) is 21.5 Å². The number of hydrogen-bond donors (Lipinski definition) is 0. The molecule has 3 aromatic carbocycles. The maximum Gasteiger partial charge on any atom is 0.0653 e. The van der Waals surface area contributed by atoms with Gasteiger partial charge in [0.25, 0.3) is 0 Å². The van der Waals surface area contributed by atoms with Crippen LogP contribution in [0.25, 0.3) is 10.8 Å². The molecule has 3 rings (SSSR count). The molecule has 0 aliphatic carbocycles. The Hall–Kier alpha value is -1.02. The van der Waals surface area contributed by atoms with E-state index < -0.39 is 0 Å². The lowest BCUT2D eigenvalue weighted by Gasteiger charge is -2.17. The molecule has 0 aliphatic rings. The molecule has 0 spiro atoms. The van der Waals surface area contributed by atoms with Gasteiger partial charge >= 0.3 is 0 Å². The first-order valence-electron chi connectivity index (χ1n) is 6.65. The Bertz CT molecular complexity index is 811. The van der Waals surface area contributed by atoms with Crippen LogP contribution in [0, 0.1) is 6.92 Å². The summed E-state index contributed by atoms with van der Waals surface area (Å²) < 4.78 is 0. The first-order chi connectivity index (χ1) is 10.1. The first-order valence-corrected chi connectivity index (χ1v) is 8.32. The lowest BCUT2D eigenvalue weighted by molar-refractivity contribution is 1.16. The molecule has 106 valence electrons. The molecule has 1 unspecified atom stereocenters. The average Bonchev–Trinajstić information content (AvgIpc) is 2.47. The van der Waals surface area contributed by atoms with E-state index in [4.69, 9.17) is 23.2 Å². The zero-order chi connectivity index (χ0) is 15.0. The van der Waals surface area contributed by atoms with Crippen molar-refractivity contribution in [3.05, 3.63) is 81.3 Å². The van der Waals surface area contributed by atoms with Crippen molar-refractivity contribution in [3.8, 4) is 0 Å². The van der Waals surface area contributed by atoms with Crippen molar-refractivity contribution in [1.29, 1.82) is 0 Å². The van der Waals surface area contributed by atoms with E-state index in [0.717, 1.165) is 15.4 Å². The van der Waals surface area contributed by atoms with Gasteiger partial charge in [-0.3, -0.25) is 0 Å². The molecule has 1 atom stereocenters. The molecule has 0 saturated carbocycles. The van der Waals surface area contributed by atoms with Crippen LogP contribution in [0.5, 0.6) is 0 Å². The standard InChI is InChI=1S/C18H13BrCl2/c1-11-10-12(20)6-7-13(11)18(19)16-8-9-17(21)15-5-3-2-4-14(15)16/h2-10,18H,1H3. The van der Waals surface area contributed by atoms with Crippen LogP contribution in [0.2, 0.25) is 10.0 Å². The zero-order valence-electron chi connectivity index (χ0n) is 11.4. The van der Waals surface area contributed by atoms with E-state index in [2.05, 4.69) is 47.1 Å². The predicted octanol–water partition coefficient (Wildman–Crippen LogP) is 6.94. The normalized spacial score (nSPS) is 12.6. The summed E-state index contributed by atoms with van der Waals surface area (Å²) in [5.74, 6) is 0. The SMILES string of the molecule is Cc1cc(Cl)ccc1C(Br)c1ccc(Cl)c2ccccc12. The fourth-order valence-corrected chi connectivity index (χ4v) is 3.97. The van der Waals surface area contributed by atoms with Crippen molar-refractivity contribution in [1.82, 2.24) is 0 Å². The Morgan fingerprint density at radius 2 is 1.52 bits per heavy atom. The number of benzene rings is 3. The van der Waals surface area contributed by atoms with Gasteiger partial charge in [0.1, 0.15) is 0 Å². The average molecular weight is 380 g/mol. The number of halogens is 3.